The van der Waals surface area contributed by atoms with Crippen LogP contribution in [-0.4, -0.2) is 35.7 Å². The molecule has 0 bridgehead atoms. The van der Waals surface area contributed by atoms with Crippen LogP contribution in [0.2, 0.25) is 0 Å². The predicted molar refractivity (Wildman–Crippen MR) is 182 cm³/mol. The van der Waals surface area contributed by atoms with Gasteiger partial charge < -0.3 is 0 Å². The lowest BCUT2D eigenvalue weighted by Crippen LogP contribution is -2.28. The summed E-state index contributed by atoms with van der Waals surface area (Å²) in [6.07, 6.45) is 32.3. The quantitative estimate of drug-likeness (QED) is 0.310. The highest BCUT2D eigenvalue weighted by Crippen LogP contribution is 2.35. The molecule has 0 aromatic carbocycles. The van der Waals surface area contributed by atoms with E-state index in [2.05, 4.69) is 44.4 Å². The second kappa shape index (κ2) is 19.4. The molecule has 0 N–H and O–H groups in total. The van der Waals surface area contributed by atoms with Crippen LogP contribution in [0, 0.1) is 18.8 Å². The minimum atomic E-state index is 0.907. The highest BCUT2D eigenvalue weighted by atomic mass is 15.1. The van der Waals surface area contributed by atoms with Gasteiger partial charge in [0.25, 0.3) is 0 Å². The monoisotopic (exact) mass is 562 g/mol. The summed E-state index contributed by atoms with van der Waals surface area (Å²) < 4.78 is 0. The lowest BCUT2D eigenvalue weighted by molar-refractivity contribution is 0.254. The first kappa shape index (κ1) is 33.8. The van der Waals surface area contributed by atoms with Gasteiger partial charge in [-0.3, -0.25) is 14.9 Å². The smallest absolute Gasteiger partial charge is 0.0931 e. The molecule has 0 amide bonds. The summed E-state index contributed by atoms with van der Waals surface area (Å²) in [6, 6.07) is 0. The third-order valence-electron chi connectivity index (χ3n) is 9.83. The van der Waals surface area contributed by atoms with E-state index in [0.29, 0.717) is 0 Å². The van der Waals surface area contributed by atoms with Crippen molar-refractivity contribution in [2.24, 2.45) is 16.8 Å². The van der Waals surface area contributed by atoms with Gasteiger partial charge in [0, 0.05) is 24.0 Å². The number of aromatic nitrogens is 1. The molecule has 1 aromatic heterocycles. The van der Waals surface area contributed by atoms with Gasteiger partial charge >= 0.3 is 0 Å². The number of rotatable bonds is 7. The first-order chi connectivity index (χ1) is 20.1. The van der Waals surface area contributed by atoms with E-state index >= 15 is 0 Å². The van der Waals surface area contributed by atoms with Crippen molar-refractivity contribution in [1.82, 2.24) is 9.88 Å². The standard InChI is InChI=1S/C38H63N3/c1-6-23-34-25-18-14-10-12-16-22-29-41(28-21-15-11-9-13-17-24-33(34)7-2)30-31(4)37-38(39-8-3)32(5)35-26-19-20-27-36(35)40-37/h8,19,26,33-34H,4,6-7,9-18,20-25,27-30H2,1-3,5H3. The van der Waals surface area contributed by atoms with Gasteiger partial charge in [0.05, 0.1) is 11.4 Å². The SMILES string of the molecule is C=C(CN1CCCCCCCCC(CC)C(CCC)CCCCCCCC1)c1nc2c(c(C)c1N=CC)C=CCC2. The molecule has 41 heavy (non-hydrogen) atoms. The molecule has 1 aliphatic heterocycles. The van der Waals surface area contributed by atoms with Crippen molar-refractivity contribution >= 4 is 23.6 Å². The highest BCUT2D eigenvalue weighted by Gasteiger charge is 2.21. The van der Waals surface area contributed by atoms with Crippen molar-refractivity contribution in [3.8, 4) is 0 Å². The summed E-state index contributed by atoms with van der Waals surface area (Å²) in [7, 11) is 0. The maximum absolute atomic E-state index is 5.16. The number of pyridine rings is 1. The van der Waals surface area contributed by atoms with Gasteiger partial charge in [-0.05, 0) is 75.6 Å². The Kier molecular flexibility index (Phi) is 16.0. The molecule has 230 valence electrons. The summed E-state index contributed by atoms with van der Waals surface area (Å²) in [5.74, 6) is 1.94. The van der Waals surface area contributed by atoms with Crippen LogP contribution < -0.4 is 0 Å². The Balaban J connectivity index is 1.61. The Bertz CT molecular complexity index is 959. The number of fused-ring (bicyclic) bond motifs is 1. The largest absolute Gasteiger partial charge is 0.299 e. The Morgan fingerprint density at radius 2 is 1.54 bits per heavy atom. The van der Waals surface area contributed by atoms with E-state index in [9.17, 15) is 0 Å². The molecule has 2 unspecified atom stereocenters. The Morgan fingerprint density at radius 3 is 2.15 bits per heavy atom. The molecule has 1 aliphatic carbocycles. The van der Waals surface area contributed by atoms with Crippen LogP contribution in [-0.2, 0) is 6.42 Å². The summed E-state index contributed by atoms with van der Waals surface area (Å²) in [6.45, 7) is 16.9. The van der Waals surface area contributed by atoms with Crippen LogP contribution in [0.5, 0.6) is 0 Å². The van der Waals surface area contributed by atoms with Gasteiger partial charge in [-0.1, -0.05) is 129 Å². The first-order valence-electron chi connectivity index (χ1n) is 17.7. The van der Waals surface area contributed by atoms with Crippen LogP contribution in [0.1, 0.15) is 159 Å². The van der Waals surface area contributed by atoms with E-state index in [4.69, 9.17) is 9.98 Å². The molecule has 0 spiro atoms. The van der Waals surface area contributed by atoms with Crippen molar-refractivity contribution in [2.45, 2.75) is 150 Å². The normalized spacial score (nSPS) is 23.0. The van der Waals surface area contributed by atoms with E-state index in [1.165, 1.54) is 139 Å². The van der Waals surface area contributed by atoms with Gasteiger partial charge in [-0.2, -0.15) is 0 Å². The van der Waals surface area contributed by atoms with Crippen molar-refractivity contribution in [3.05, 3.63) is 35.2 Å². The molecule has 3 nitrogen and oxygen atoms in total. The van der Waals surface area contributed by atoms with E-state index in [-0.39, 0.29) is 0 Å². The Labute approximate surface area is 254 Å². The average molecular weight is 562 g/mol. The molecule has 1 aromatic rings. The molecule has 3 rings (SSSR count). The summed E-state index contributed by atoms with van der Waals surface area (Å²) in [5.41, 5.74) is 6.92. The Hall–Kier alpha value is -1.74. The number of aryl methyl sites for hydroxylation is 1. The summed E-state index contributed by atoms with van der Waals surface area (Å²) in [5, 5.41) is 0. The lowest BCUT2D eigenvalue weighted by atomic mass is 9.80. The van der Waals surface area contributed by atoms with E-state index in [1.807, 2.05) is 13.1 Å². The fraction of sp³-hybridized carbons (Fsp3) is 0.737. The van der Waals surface area contributed by atoms with Gasteiger partial charge in [0.1, 0.15) is 0 Å². The maximum Gasteiger partial charge on any atom is 0.0931 e. The minimum Gasteiger partial charge on any atom is -0.299 e. The van der Waals surface area contributed by atoms with E-state index in [1.54, 1.807) is 0 Å². The summed E-state index contributed by atoms with van der Waals surface area (Å²) >= 11 is 0. The molecule has 1 saturated heterocycles. The second-order valence-electron chi connectivity index (χ2n) is 13.0. The maximum atomic E-state index is 5.16. The van der Waals surface area contributed by atoms with Crippen LogP contribution in [0.15, 0.2) is 17.6 Å². The molecule has 2 aliphatic rings. The first-order valence-corrected chi connectivity index (χ1v) is 17.7. The van der Waals surface area contributed by atoms with Crippen LogP contribution in [0.25, 0.3) is 11.6 Å². The number of hydrogen-bond donors (Lipinski definition) is 0. The number of allylic oxidation sites excluding steroid dienone is 1. The molecule has 3 heteroatoms. The molecular formula is C38H63N3. The fourth-order valence-corrected chi connectivity index (χ4v) is 7.41. The molecule has 0 saturated carbocycles. The van der Waals surface area contributed by atoms with Gasteiger partial charge in [-0.15, -0.1) is 0 Å². The minimum absolute atomic E-state index is 0.907. The van der Waals surface area contributed by atoms with Crippen molar-refractivity contribution in [1.29, 1.82) is 0 Å². The highest BCUT2D eigenvalue weighted by molar-refractivity contribution is 5.80. The zero-order chi connectivity index (χ0) is 29.3. The molecule has 2 atom stereocenters. The van der Waals surface area contributed by atoms with Crippen molar-refractivity contribution < 1.29 is 0 Å². The number of aliphatic imine (C=N–C) groups is 1. The van der Waals surface area contributed by atoms with Crippen molar-refractivity contribution in [2.75, 3.05) is 19.6 Å². The zero-order valence-corrected chi connectivity index (χ0v) is 27.5. The van der Waals surface area contributed by atoms with Gasteiger partial charge in [0.15, 0.2) is 0 Å². The van der Waals surface area contributed by atoms with Gasteiger partial charge in [0.2, 0.25) is 0 Å². The third-order valence-corrected chi connectivity index (χ3v) is 9.83. The molecule has 0 radical (unpaired) electrons. The average Bonchev–Trinajstić information content (AvgIpc) is 2.98. The lowest BCUT2D eigenvalue weighted by Gasteiger charge is -2.26. The zero-order valence-electron chi connectivity index (χ0n) is 27.5. The second-order valence-corrected chi connectivity index (χ2v) is 13.0. The number of hydrogen-bond acceptors (Lipinski definition) is 3. The fourth-order valence-electron chi connectivity index (χ4n) is 7.41. The molecular weight excluding hydrogens is 498 g/mol. The van der Waals surface area contributed by atoms with Gasteiger partial charge in [-0.25, -0.2) is 0 Å². The van der Waals surface area contributed by atoms with E-state index < -0.39 is 0 Å². The topological polar surface area (TPSA) is 28.5 Å². The number of nitrogens with zero attached hydrogens (tertiary/aromatic N) is 3. The van der Waals surface area contributed by atoms with Crippen molar-refractivity contribution in [3.63, 3.8) is 0 Å². The van der Waals surface area contributed by atoms with Crippen LogP contribution in [0.3, 0.4) is 0 Å². The predicted octanol–water partition coefficient (Wildman–Crippen LogP) is 11.3. The summed E-state index contributed by atoms with van der Waals surface area (Å²) in [4.78, 5) is 12.6. The van der Waals surface area contributed by atoms with Crippen LogP contribution >= 0.6 is 0 Å². The molecule has 2 heterocycles. The molecule has 1 fully saturated rings. The Morgan fingerprint density at radius 1 is 0.927 bits per heavy atom. The van der Waals surface area contributed by atoms with E-state index in [0.717, 1.165) is 48.2 Å². The third kappa shape index (κ3) is 11.1. The van der Waals surface area contributed by atoms with Crippen LogP contribution in [0.4, 0.5) is 5.69 Å².